The van der Waals surface area contributed by atoms with Crippen LogP contribution in [0.15, 0.2) is 28.7 Å². The molecule has 1 fully saturated rings. The number of carboxylic acids is 1. The molecule has 1 aliphatic rings. The van der Waals surface area contributed by atoms with Gasteiger partial charge in [0.25, 0.3) is 5.91 Å². The number of H-pyrrole nitrogens is 1. The number of carboxylic acid groups (broad SMARTS) is 1. The van der Waals surface area contributed by atoms with Crippen molar-refractivity contribution in [1.82, 2.24) is 15.6 Å². The summed E-state index contributed by atoms with van der Waals surface area (Å²) in [5.74, 6) is -2.79. The molecule has 1 aromatic carbocycles. The van der Waals surface area contributed by atoms with Gasteiger partial charge in [0.05, 0.1) is 0 Å². The standard InChI is InChI=1S/C13H14BrN3O.C2HF3O2/c14-9-2-1-8-5-12(17-11(8)6-9)13(18)16-10-3-4-15-7-10;3-2(4,5)1(6)7/h1-2,5-6,10,15,17H,3-4,7H2,(H,16,18);(H,6,7)/t10-;/m1./s1. The van der Waals surface area contributed by atoms with Gasteiger partial charge in [-0.2, -0.15) is 13.2 Å². The summed E-state index contributed by atoms with van der Waals surface area (Å²) in [5, 5.41) is 14.4. The van der Waals surface area contributed by atoms with Crippen molar-refractivity contribution >= 4 is 38.7 Å². The van der Waals surface area contributed by atoms with Gasteiger partial charge in [0.15, 0.2) is 0 Å². The van der Waals surface area contributed by atoms with Crippen LogP contribution in [0.4, 0.5) is 13.2 Å². The number of halogens is 4. The number of alkyl halides is 3. The zero-order valence-corrected chi connectivity index (χ0v) is 14.4. The van der Waals surface area contributed by atoms with E-state index in [0.717, 1.165) is 34.9 Å². The molecular formula is C15H15BrF3N3O3. The van der Waals surface area contributed by atoms with E-state index in [1.165, 1.54) is 0 Å². The minimum Gasteiger partial charge on any atom is -0.475 e. The number of hydrogen-bond donors (Lipinski definition) is 4. The third-order valence-corrected chi connectivity index (χ3v) is 3.96. The van der Waals surface area contributed by atoms with E-state index in [2.05, 4.69) is 31.5 Å². The molecule has 1 aliphatic heterocycles. The lowest BCUT2D eigenvalue weighted by Crippen LogP contribution is -2.36. The largest absolute Gasteiger partial charge is 0.490 e. The van der Waals surface area contributed by atoms with Crippen LogP contribution in [0.1, 0.15) is 16.9 Å². The molecule has 3 rings (SSSR count). The Kier molecular flexibility index (Phi) is 6.07. The van der Waals surface area contributed by atoms with Gasteiger partial charge in [-0.1, -0.05) is 22.0 Å². The molecule has 0 bridgehead atoms. The number of amides is 1. The first-order chi connectivity index (χ1) is 11.7. The molecule has 1 saturated heterocycles. The van der Waals surface area contributed by atoms with Crippen LogP contribution in [0.25, 0.3) is 10.9 Å². The summed E-state index contributed by atoms with van der Waals surface area (Å²) in [6, 6.07) is 8.07. The maximum Gasteiger partial charge on any atom is 0.490 e. The number of aromatic nitrogens is 1. The molecular weight excluding hydrogens is 407 g/mol. The molecule has 25 heavy (non-hydrogen) atoms. The van der Waals surface area contributed by atoms with E-state index in [1.807, 2.05) is 24.3 Å². The Balaban J connectivity index is 0.000000277. The quantitative estimate of drug-likeness (QED) is 0.599. The second-order valence-corrected chi connectivity index (χ2v) is 6.30. The third-order valence-electron chi connectivity index (χ3n) is 3.47. The molecule has 0 aliphatic carbocycles. The summed E-state index contributed by atoms with van der Waals surface area (Å²) in [7, 11) is 0. The number of benzene rings is 1. The zero-order chi connectivity index (χ0) is 18.6. The second-order valence-electron chi connectivity index (χ2n) is 5.38. The molecule has 6 nitrogen and oxygen atoms in total. The van der Waals surface area contributed by atoms with Crippen molar-refractivity contribution in [3.05, 3.63) is 34.4 Å². The van der Waals surface area contributed by atoms with Gasteiger partial charge in [0.1, 0.15) is 5.69 Å². The van der Waals surface area contributed by atoms with Crippen LogP contribution in [0.5, 0.6) is 0 Å². The number of aromatic amines is 1. The van der Waals surface area contributed by atoms with Crippen LogP contribution in [0.2, 0.25) is 0 Å². The van der Waals surface area contributed by atoms with E-state index >= 15 is 0 Å². The smallest absolute Gasteiger partial charge is 0.475 e. The molecule has 0 radical (unpaired) electrons. The van der Waals surface area contributed by atoms with Crippen LogP contribution < -0.4 is 10.6 Å². The minimum atomic E-state index is -5.08. The van der Waals surface area contributed by atoms with Crippen LogP contribution in [-0.4, -0.2) is 47.3 Å². The van der Waals surface area contributed by atoms with Crippen molar-refractivity contribution in [2.75, 3.05) is 13.1 Å². The summed E-state index contributed by atoms with van der Waals surface area (Å²) >= 11 is 3.42. The van der Waals surface area contributed by atoms with Gasteiger partial charge in [0.2, 0.25) is 0 Å². The Labute approximate surface area is 148 Å². The maximum atomic E-state index is 12.1. The molecule has 2 aromatic rings. The van der Waals surface area contributed by atoms with Gasteiger partial charge in [-0.3, -0.25) is 4.79 Å². The number of rotatable bonds is 2. The fourth-order valence-electron chi connectivity index (χ4n) is 2.26. The summed E-state index contributed by atoms with van der Waals surface area (Å²) in [4.78, 5) is 24.1. The normalized spacial score (nSPS) is 17.0. The number of hydrogen-bond acceptors (Lipinski definition) is 3. The molecule has 1 atom stereocenters. The van der Waals surface area contributed by atoms with Crippen molar-refractivity contribution in [2.24, 2.45) is 0 Å². The lowest BCUT2D eigenvalue weighted by Gasteiger charge is -2.09. The first-order valence-electron chi connectivity index (χ1n) is 7.27. The van der Waals surface area contributed by atoms with Crippen molar-refractivity contribution in [1.29, 1.82) is 0 Å². The van der Waals surface area contributed by atoms with Crippen molar-refractivity contribution < 1.29 is 27.9 Å². The summed E-state index contributed by atoms with van der Waals surface area (Å²) < 4.78 is 32.7. The molecule has 0 saturated carbocycles. The zero-order valence-electron chi connectivity index (χ0n) is 12.8. The first-order valence-corrected chi connectivity index (χ1v) is 8.06. The van der Waals surface area contributed by atoms with E-state index in [-0.39, 0.29) is 11.9 Å². The van der Waals surface area contributed by atoms with E-state index in [4.69, 9.17) is 9.90 Å². The van der Waals surface area contributed by atoms with E-state index in [0.29, 0.717) is 5.69 Å². The molecule has 0 spiro atoms. The van der Waals surface area contributed by atoms with E-state index < -0.39 is 12.1 Å². The van der Waals surface area contributed by atoms with Crippen molar-refractivity contribution in [3.8, 4) is 0 Å². The summed E-state index contributed by atoms with van der Waals surface area (Å²) in [6.07, 6.45) is -4.09. The number of aliphatic carboxylic acids is 1. The molecule has 1 amide bonds. The lowest BCUT2D eigenvalue weighted by molar-refractivity contribution is -0.192. The SMILES string of the molecule is O=C(N[C@@H]1CCNC1)c1cc2ccc(Br)cc2[nH]1.O=C(O)C(F)(F)F. The van der Waals surface area contributed by atoms with Crippen LogP contribution in [0.3, 0.4) is 0 Å². The fraction of sp³-hybridized carbons (Fsp3) is 0.333. The lowest BCUT2D eigenvalue weighted by atomic mass is 10.2. The Hall–Kier alpha value is -2.07. The van der Waals surface area contributed by atoms with Gasteiger partial charge >= 0.3 is 12.1 Å². The van der Waals surface area contributed by atoms with Gasteiger partial charge in [-0.05, 0) is 31.2 Å². The van der Waals surface area contributed by atoms with E-state index in [1.54, 1.807) is 0 Å². The minimum absolute atomic E-state index is 0.0315. The summed E-state index contributed by atoms with van der Waals surface area (Å²) in [5.41, 5.74) is 1.59. The molecule has 4 N–H and O–H groups in total. The first kappa shape index (κ1) is 19.3. The van der Waals surface area contributed by atoms with E-state index in [9.17, 15) is 18.0 Å². The number of carbonyl (C=O) groups excluding carboxylic acids is 1. The third kappa shape index (κ3) is 5.46. The summed E-state index contributed by atoms with van der Waals surface area (Å²) in [6.45, 7) is 1.84. The van der Waals surface area contributed by atoms with Crippen LogP contribution >= 0.6 is 15.9 Å². The maximum absolute atomic E-state index is 12.1. The molecule has 2 heterocycles. The van der Waals surface area contributed by atoms with Gasteiger partial charge in [-0.25, -0.2) is 4.79 Å². The predicted molar refractivity (Wildman–Crippen MR) is 88.4 cm³/mol. The number of carbonyl (C=O) groups is 2. The Morgan fingerprint density at radius 2 is 1.96 bits per heavy atom. The Morgan fingerprint density at radius 1 is 1.28 bits per heavy atom. The average Bonchev–Trinajstić information content (AvgIpc) is 3.15. The number of nitrogens with one attached hydrogen (secondary N) is 3. The highest BCUT2D eigenvalue weighted by Gasteiger charge is 2.38. The highest BCUT2D eigenvalue weighted by Crippen LogP contribution is 2.20. The predicted octanol–water partition coefficient (Wildman–Crippen LogP) is 2.66. The van der Waals surface area contributed by atoms with Crippen LogP contribution in [-0.2, 0) is 4.79 Å². The molecule has 136 valence electrons. The average molecular weight is 422 g/mol. The Bertz CT molecular complexity index is 770. The van der Waals surface area contributed by atoms with Crippen molar-refractivity contribution in [3.63, 3.8) is 0 Å². The highest BCUT2D eigenvalue weighted by atomic mass is 79.9. The molecule has 10 heteroatoms. The van der Waals surface area contributed by atoms with Crippen LogP contribution in [0, 0.1) is 0 Å². The number of fused-ring (bicyclic) bond motifs is 1. The van der Waals surface area contributed by atoms with Gasteiger partial charge in [0, 0.05) is 28.0 Å². The monoisotopic (exact) mass is 421 g/mol. The molecule has 1 aromatic heterocycles. The van der Waals surface area contributed by atoms with Gasteiger partial charge < -0.3 is 20.7 Å². The Morgan fingerprint density at radius 3 is 2.52 bits per heavy atom. The second kappa shape index (κ2) is 7.87. The van der Waals surface area contributed by atoms with Crippen molar-refractivity contribution in [2.45, 2.75) is 18.6 Å². The molecule has 0 unspecified atom stereocenters. The fourth-order valence-corrected chi connectivity index (χ4v) is 2.62. The highest BCUT2D eigenvalue weighted by molar-refractivity contribution is 9.10. The topological polar surface area (TPSA) is 94.2 Å². The van der Waals surface area contributed by atoms with Gasteiger partial charge in [-0.15, -0.1) is 0 Å².